The molecule has 0 aliphatic heterocycles. The molecule has 3 atom stereocenters. The van der Waals surface area contributed by atoms with Gasteiger partial charge in [-0.1, -0.05) is 119 Å². The Kier molecular flexibility index (Phi) is 33.2. The fourth-order valence-electron chi connectivity index (χ4n) is 4.16. The predicted molar refractivity (Wildman–Crippen MR) is 196 cm³/mol. The fourth-order valence-corrected chi connectivity index (χ4v) is 4.95. The van der Waals surface area contributed by atoms with Gasteiger partial charge in [0.1, 0.15) is 12.2 Å². The first-order valence-corrected chi connectivity index (χ1v) is 19.4. The van der Waals surface area contributed by atoms with Gasteiger partial charge in [-0.3, -0.25) is 13.8 Å². The van der Waals surface area contributed by atoms with Crippen LogP contribution >= 0.6 is 7.82 Å². The van der Waals surface area contributed by atoms with Crippen LogP contribution in [0.3, 0.4) is 0 Å². The number of aliphatic hydroxyl groups is 2. The van der Waals surface area contributed by atoms with Gasteiger partial charge in [-0.2, -0.15) is 0 Å². The van der Waals surface area contributed by atoms with Gasteiger partial charge in [0.25, 0.3) is 0 Å². The SMILES string of the molecule is CC/C=C\C/C=C\C/C=C\C/C=C\C/C=C\CCOCC(COP(=O)(O)OCC(O)CO)OC(=O)CCCCCCC/C=C\CCCC. The van der Waals surface area contributed by atoms with Crippen LogP contribution in [0, 0.1) is 0 Å². The highest BCUT2D eigenvalue weighted by molar-refractivity contribution is 7.47. The van der Waals surface area contributed by atoms with Gasteiger partial charge in [-0.05, 0) is 64.2 Å². The first-order chi connectivity index (χ1) is 23.3. The normalized spacial score (nSPS) is 15.2. The van der Waals surface area contributed by atoms with Crippen molar-refractivity contribution in [3.8, 4) is 0 Å². The van der Waals surface area contributed by atoms with Crippen LogP contribution in [0.2, 0.25) is 0 Å². The lowest BCUT2D eigenvalue weighted by Gasteiger charge is -2.20. The number of esters is 1. The third-order valence-corrected chi connectivity index (χ3v) is 7.85. The van der Waals surface area contributed by atoms with E-state index in [4.69, 9.17) is 23.6 Å². The van der Waals surface area contributed by atoms with E-state index in [0.29, 0.717) is 19.4 Å². The topological polar surface area (TPSA) is 132 Å². The summed E-state index contributed by atoms with van der Waals surface area (Å²) < 4.78 is 33.0. The third-order valence-electron chi connectivity index (χ3n) is 6.90. The second kappa shape index (κ2) is 34.8. The summed E-state index contributed by atoms with van der Waals surface area (Å²) in [7, 11) is -4.53. The number of hydrogen-bond acceptors (Lipinski definition) is 8. The molecule has 3 unspecified atom stereocenters. The molecule has 0 spiro atoms. The minimum atomic E-state index is -4.53. The molecule has 276 valence electrons. The molecule has 0 radical (unpaired) electrons. The van der Waals surface area contributed by atoms with Crippen LogP contribution in [0.5, 0.6) is 0 Å². The van der Waals surface area contributed by atoms with E-state index in [9.17, 15) is 19.4 Å². The molecule has 0 aromatic heterocycles. The van der Waals surface area contributed by atoms with E-state index < -0.39 is 45.8 Å². The van der Waals surface area contributed by atoms with Crippen molar-refractivity contribution in [3.05, 3.63) is 72.9 Å². The molecule has 0 saturated heterocycles. The number of ether oxygens (including phenoxy) is 2. The molecule has 0 aliphatic rings. The van der Waals surface area contributed by atoms with Gasteiger partial charge in [-0.25, -0.2) is 4.57 Å². The van der Waals surface area contributed by atoms with Gasteiger partial charge >= 0.3 is 13.8 Å². The van der Waals surface area contributed by atoms with E-state index in [0.717, 1.165) is 70.6 Å². The van der Waals surface area contributed by atoms with E-state index >= 15 is 0 Å². The summed E-state index contributed by atoms with van der Waals surface area (Å²) in [5.74, 6) is -0.423. The van der Waals surface area contributed by atoms with Crippen molar-refractivity contribution < 1.29 is 43.0 Å². The number of hydrogen-bond donors (Lipinski definition) is 3. The third kappa shape index (κ3) is 33.8. The average Bonchev–Trinajstić information content (AvgIpc) is 3.07. The van der Waals surface area contributed by atoms with Crippen LogP contribution in [0.1, 0.15) is 117 Å². The Bertz CT molecular complexity index is 971. The Balaban J connectivity index is 4.42. The van der Waals surface area contributed by atoms with Gasteiger partial charge < -0.3 is 24.6 Å². The van der Waals surface area contributed by atoms with E-state index in [2.05, 4.69) is 80.7 Å². The second-order valence-corrected chi connectivity index (χ2v) is 13.0. The van der Waals surface area contributed by atoms with Crippen molar-refractivity contribution in [2.24, 2.45) is 0 Å². The van der Waals surface area contributed by atoms with E-state index in [1.807, 2.05) is 6.08 Å². The van der Waals surface area contributed by atoms with Crippen LogP contribution in [0.15, 0.2) is 72.9 Å². The number of carbonyl (C=O) groups excluding carboxylic acids is 1. The van der Waals surface area contributed by atoms with Crippen LogP contribution in [-0.2, 0) is 27.9 Å². The smallest absolute Gasteiger partial charge is 0.457 e. The Hall–Kier alpha value is -2.10. The van der Waals surface area contributed by atoms with Crippen molar-refractivity contribution in [1.29, 1.82) is 0 Å². The molecule has 0 saturated carbocycles. The molecule has 48 heavy (non-hydrogen) atoms. The molecule has 0 amide bonds. The summed E-state index contributed by atoms with van der Waals surface area (Å²) in [6, 6.07) is 0. The van der Waals surface area contributed by atoms with Gasteiger partial charge in [0.05, 0.1) is 33.0 Å². The fraction of sp³-hybridized carbons (Fsp3) is 0.658. The van der Waals surface area contributed by atoms with E-state index in [-0.39, 0.29) is 13.0 Å². The molecule has 0 rings (SSSR count). The van der Waals surface area contributed by atoms with Crippen LogP contribution in [0.25, 0.3) is 0 Å². The minimum Gasteiger partial charge on any atom is -0.457 e. The summed E-state index contributed by atoms with van der Waals surface area (Å²) in [4.78, 5) is 22.4. The number of carbonyl (C=O) groups is 1. The lowest BCUT2D eigenvalue weighted by atomic mass is 10.1. The number of rotatable bonds is 33. The molecule has 10 heteroatoms. The molecule has 0 aromatic rings. The predicted octanol–water partition coefficient (Wildman–Crippen LogP) is 9.02. The largest absolute Gasteiger partial charge is 0.472 e. The van der Waals surface area contributed by atoms with E-state index in [1.54, 1.807) is 0 Å². The second-order valence-electron chi connectivity index (χ2n) is 11.5. The molecule has 0 fully saturated rings. The quantitative estimate of drug-likeness (QED) is 0.0266. The summed E-state index contributed by atoms with van der Waals surface area (Å²) in [5, 5.41) is 18.2. The first kappa shape index (κ1) is 45.9. The van der Waals surface area contributed by atoms with Gasteiger partial charge in [-0.15, -0.1) is 0 Å². The number of aliphatic hydroxyl groups excluding tert-OH is 2. The Morgan fingerprint density at radius 2 is 1.19 bits per heavy atom. The monoisotopic (exact) mass is 696 g/mol. The number of phosphoric acid groups is 1. The van der Waals surface area contributed by atoms with Crippen molar-refractivity contribution >= 4 is 13.8 Å². The maximum Gasteiger partial charge on any atom is 0.472 e. The van der Waals surface area contributed by atoms with Crippen molar-refractivity contribution in [2.45, 2.75) is 129 Å². The summed E-state index contributed by atoms with van der Waals surface area (Å²) >= 11 is 0. The van der Waals surface area contributed by atoms with Crippen LogP contribution in [0.4, 0.5) is 0 Å². The lowest BCUT2D eigenvalue weighted by Crippen LogP contribution is -2.29. The van der Waals surface area contributed by atoms with Crippen molar-refractivity contribution in [3.63, 3.8) is 0 Å². The minimum absolute atomic E-state index is 0.0124. The van der Waals surface area contributed by atoms with Crippen molar-refractivity contribution in [1.82, 2.24) is 0 Å². The zero-order valence-electron chi connectivity index (χ0n) is 29.7. The van der Waals surface area contributed by atoms with Gasteiger partial charge in [0.2, 0.25) is 0 Å². The molecule has 3 N–H and O–H groups in total. The molecule has 0 heterocycles. The summed E-state index contributed by atoms with van der Waals surface area (Å²) in [6.07, 6.45) is 38.9. The zero-order valence-corrected chi connectivity index (χ0v) is 30.6. The lowest BCUT2D eigenvalue weighted by molar-refractivity contribution is -0.154. The van der Waals surface area contributed by atoms with Crippen molar-refractivity contribution in [2.75, 3.05) is 33.0 Å². The number of allylic oxidation sites excluding steroid dienone is 11. The summed E-state index contributed by atoms with van der Waals surface area (Å²) in [5.41, 5.74) is 0. The highest BCUT2D eigenvalue weighted by atomic mass is 31.2. The van der Waals surface area contributed by atoms with E-state index in [1.165, 1.54) is 12.8 Å². The standard InChI is InChI=1S/C38H65O9P/c1-3-5-7-9-11-13-15-16-17-18-19-21-23-25-27-29-31-44-34-37(35-46-48(42,43)45-33-36(40)32-39)47-38(41)30-28-26-24-22-20-14-12-10-8-6-4-2/h5,7,10-13,16-17,19,21,25,27,36-37,39-40H,3-4,6,8-9,14-15,18,20,22-24,26,28-35H2,1-2H3,(H,42,43)/b7-5-,12-10-,13-11-,17-16-,21-19-,27-25-. The van der Waals surface area contributed by atoms with Gasteiger partial charge in [0.15, 0.2) is 0 Å². The molecule has 0 bridgehead atoms. The molecule has 0 aliphatic carbocycles. The first-order valence-electron chi connectivity index (χ1n) is 17.9. The molecular formula is C38H65O9P. The van der Waals surface area contributed by atoms with Crippen LogP contribution < -0.4 is 0 Å². The molecular weight excluding hydrogens is 631 g/mol. The zero-order chi connectivity index (χ0) is 35.4. The number of phosphoric ester groups is 1. The molecule has 9 nitrogen and oxygen atoms in total. The maximum atomic E-state index is 12.5. The number of unbranched alkanes of at least 4 members (excludes halogenated alkanes) is 7. The Morgan fingerprint density at radius 1 is 0.667 bits per heavy atom. The summed E-state index contributed by atoms with van der Waals surface area (Å²) in [6.45, 7) is 3.08. The average molecular weight is 697 g/mol. The van der Waals surface area contributed by atoms with Crippen LogP contribution in [-0.4, -0.2) is 66.3 Å². The Morgan fingerprint density at radius 3 is 1.79 bits per heavy atom. The Labute approximate surface area is 291 Å². The molecule has 0 aromatic carbocycles. The highest BCUT2D eigenvalue weighted by Crippen LogP contribution is 2.43. The maximum absolute atomic E-state index is 12.5. The highest BCUT2D eigenvalue weighted by Gasteiger charge is 2.26. The van der Waals surface area contributed by atoms with Gasteiger partial charge in [0, 0.05) is 6.42 Å².